The van der Waals surface area contributed by atoms with Gasteiger partial charge in [-0.25, -0.2) is 9.97 Å². The van der Waals surface area contributed by atoms with Crippen LogP contribution in [0.1, 0.15) is 36.9 Å². The summed E-state index contributed by atoms with van der Waals surface area (Å²) in [5.41, 5.74) is 2.06. The van der Waals surface area contributed by atoms with Gasteiger partial charge in [0.15, 0.2) is 0 Å². The van der Waals surface area contributed by atoms with E-state index in [-0.39, 0.29) is 5.92 Å². The Morgan fingerprint density at radius 3 is 2.84 bits per heavy atom. The van der Waals surface area contributed by atoms with Gasteiger partial charge in [0.05, 0.1) is 5.92 Å². The molecule has 5 nitrogen and oxygen atoms in total. The molecule has 1 aliphatic heterocycles. The van der Waals surface area contributed by atoms with E-state index in [1.165, 1.54) is 19.3 Å². The molecule has 1 saturated heterocycles. The van der Waals surface area contributed by atoms with Crippen LogP contribution in [-0.4, -0.2) is 34.1 Å². The third-order valence-electron chi connectivity index (χ3n) is 4.13. The van der Waals surface area contributed by atoms with E-state index in [0.717, 1.165) is 36.7 Å². The van der Waals surface area contributed by atoms with E-state index < -0.39 is 5.97 Å². The standard InChI is InChI=1S/C14H19N3O2/c18-13(19)10-4-5-12-11(8-10)9-15-14(16-12)17-6-2-1-3-7-17/h9-10H,1-8H2,(H,18,19). The van der Waals surface area contributed by atoms with Crippen molar-refractivity contribution < 1.29 is 9.90 Å². The number of nitrogens with zero attached hydrogens (tertiary/aromatic N) is 3. The molecule has 102 valence electrons. The first-order valence-electron chi connectivity index (χ1n) is 7.06. The molecule has 0 aromatic carbocycles. The molecule has 0 spiro atoms. The molecule has 3 rings (SSSR count). The quantitative estimate of drug-likeness (QED) is 0.877. The summed E-state index contributed by atoms with van der Waals surface area (Å²) < 4.78 is 0. The summed E-state index contributed by atoms with van der Waals surface area (Å²) in [5.74, 6) is -0.144. The van der Waals surface area contributed by atoms with Gasteiger partial charge in [0.1, 0.15) is 0 Å². The molecule has 1 unspecified atom stereocenters. The number of hydrogen-bond acceptors (Lipinski definition) is 4. The van der Waals surface area contributed by atoms with Crippen molar-refractivity contribution in [1.82, 2.24) is 9.97 Å². The van der Waals surface area contributed by atoms with Crippen molar-refractivity contribution in [3.63, 3.8) is 0 Å². The number of aliphatic carboxylic acids is 1. The Bertz CT molecular complexity index is 484. The molecule has 1 aliphatic carbocycles. The normalized spacial score (nSPS) is 22.9. The number of fused-ring (bicyclic) bond motifs is 1. The summed E-state index contributed by atoms with van der Waals surface area (Å²) in [6.07, 6.45) is 7.57. The number of carbonyl (C=O) groups is 1. The molecule has 1 fully saturated rings. The molecule has 0 radical (unpaired) electrons. The van der Waals surface area contributed by atoms with Gasteiger partial charge in [0.2, 0.25) is 5.95 Å². The van der Waals surface area contributed by atoms with Gasteiger partial charge in [-0.15, -0.1) is 0 Å². The van der Waals surface area contributed by atoms with Crippen LogP contribution < -0.4 is 4.90 Å². The van der Waals surface area contributed by atoms with Crippen molar-refractivity contribution in [3.8, 4) is 0 Å². The first-order valence-corrected chi connectivity index (χ1v) is 7.06. The maximum Gasteiger partial charge on any atom is 0.306 e. The second kappa shape index (κ2) is 5.15. The lowest BCUT2D eigenvalue weighted by atomic mass is 9.87. The van der Waals surface area contributed by atoms with E-state index in [9.17, 15) is 4.79 Å². The van der Waals surface area contributed by atoms with Crippen LogP contribution in [0.25, 0.3) is 0 Å². The Labute approximate surface area is 112 Å². The maximum absolute atomic E-state index is 11.0. The predicted molar refractivity (Wildman–Crippen MR) is 71.2 cm³/mol. The van der Waals surface area contributed by atoms with Crippen LogP contribution in [0.3, 0.4) is 0 Å². The van der Waals surface area contributed by atoms with Crippen LogP contribution in [0.2, 0.25) is 0 Å². The van der Waals surface area contributed by atoms with Gasteiger partial charge in [-0.05, 0) is 44.1 Å². The summed E-state index contributed by atoms with van der Waals surface area (Å²) in [6, 6.07) is 0. The highest BCUT2D eigenvalue weighted by Gasteiger charge is 2.26. The predicted octanol–water partition coefficient (Wildman–Crippen LogP) is 1.66. The van der Waals surface area contributed by atoms with E-state index in [1.54, 1.807) is 0 Å². The number of carboxylic acid groups (broad SMARTS) is 1. The molecule has 2 aliphatic rings. The molecule has 0 saturated carbocycles. The molecule has 1 N–H and O–H groups in total. The van der Waals surface area contributed by atoms with Gasteiger partial charge in [0.25, 0.3) is 0 Å². The van der Waals surface area contributed by atoms with Crippen molar-refractivity contribution in [2.45, 2.75) is 38.5 Å². The number of hydrogen-bond donors (Lipinski definition) is 1. The minimum absolute atomic E-state index is 0.267. The van der Waals surface area contributed by atoms with Gasteiger partial charge in [-0.2, -0.15) is 0 Å². The Morgan fingerprint density at radius 2 is 2.11 bits per heavy atom. The zero-order valence-corrected chi connectivity index (χ0v) is 11.0. The fraction of sp³-hybridized carbons (Fsp3) is 0.643. The first-order chi connectivity index (χ1) is 9.24. The average Bonchev–Trinajstić information content (AvgIpc) is 2.47. The number of carboxylic acids is 1. The van der Waals surface area contributed by atoms with Crippen molar-refractivity contribution in [3.05, 3.63) is 17.5 Å². The van der Waals surface area contributed by atoms with E-state index in [4.69, 9.17) is 5.11 Å². The summed E-state index contributed by atoms with van der Waals surface area (Å²) in [6.45, 7) is 2.08. The van der Waals surface area contributed by atoms with Crippen molar-refractivity contribution in [1.29, 1.82) is 0 Å². The molecule has 0 bridgehead atoms. The molecule has 0 amide bonds. The smallest absolute Gasteiger partial charge is 0.306 e. The van der Waals surface area contributed by atoms with Crippen LogP contribution in [-0.2, 0) is 17.6 Å². The van der Waals surface area contributed by atoms with Crippen LogP contribution in [0, 0.1) is 5.92 Å². The lowest BCUT2D eigenvalue weighted by molar-refractivity contribution is -0.142. The summed E-state index contributed by atoms with van der Waals surface area (Å²) in [4.78, 5) is 22.4. The number of rotatable bonds is 2. The monoisotopic (exact) mass is 261 g/mol. The Balaban J connectivity index is 1.79. The maximum atomic E-state index is 11.0. The number of aromatic nitrogens is 2. The molecule has 1 aromatic rings. The highest BCUT2D eigenvalue weighted by atomic mass is 16.4. The molecule has 2 heterocycles. The number of piperidine rings is 1. The van der Waals surface area contributed by atoms with Gasteiger partial charge in [-0.3, -0.25) is 4.79 Å². The average molecular weight is 261 g/mol. The molecule has 1 atom stereocenters. The lowest BCUT2D eigenvalue weighted by Gasteiger charge is -2.28. The van der Waals surface area contributed by atoms with E-state index in [2.05, 4.69) is 14.9 Å². The minimum atomic E-state index is -0.703. The molecular weight excluding hydrogens is 242 g/mol. The van der Waals surface area contributed by atoms with Crippen molar-refractivity contribution in [2.24, 2.45) is 5.92 Å². The Kier molecular flexibility index (Phi) is 3.36. The molecule has 5 heteroatoms. The van der Waals surface area contributed by atoms with Crippen molar-refractivity contribution in [2.75, 3.05) is 18.0 Å². The van der Waals surface area contributed by atoms with E-state index in [1.807, 2.05) is 6.20 Å². The zero-order chi connectivity index (χ0) is 13.2. The van der Waals surface area contributed by atoms with Crippen LogP contribution >= 0.6 is 0 Å². The second-order valence-corrected chi connectivity index (χ2v) is 5.47. The van der Waals surface area contributed by atoms with Gasteiger partial charge in [-0.1, -0.05) is 0 Å². The summed E-state index contributed by atoms with van der Waals surface area (Å²) in [7, 11) is 0. The van der Waals surface area contributed by atoms with Gasteiger partial charge < -0.3 is 10.0 Å². The molecule has 1 aromatic heterocycles. The molecular formula is C14H19N3O2. The fourth-order valence-corrected chi connectivity index (χ4v) is 2.95. The minimum Gasteiger partial charge on any atom is -0.481 e. The van der Waals surface area contributed by atoms with Crippen LogP contribution in [0.4, 0.5) is 5.95 Å². The third-order valence-corrected chi connectivity index (χ3v) is 4.13. The number of aryl methyl sites for hydroxylation is 1. The third kappa shape index (κ3) is 2.55. The molecule has 19 heavy (non-hydrogen) atoms. The van der Waals surface area contributed by atoms with Crippen molar-refractivity contribution >= 4 is 11.9 Å². The Morgan fingerprint density at radius 1 is 1.32 bits per heavy atom. The second-order valence-electron chi connectivity index (χ2n) is 5.47. The van der Waals surface area contributed by atoms with Crippen LogP contribution in [0.15, 0.2) is 6.20 Å². The SMILES string of the molecule is O=C(O)C1CCc2nc(N3CCCCC3)ncc2C1. The summed E-state index contributed by atoms with van der Waals surface area (Å²) >= 11 is 0. The van der Waals surface area contributed by atoms with Gasteiger partial charge >= 0.3 is 5.97 Å². The fourth-order valence-electron chi connectivity index (χ4n) is 2.95. The first kappa shape index (κ1) is 12.4. The van der Waals surface area contributed by atoms with E-state index >= 15 is 0 Å². The van der Waals surface area contributed by atoms with E-state index in [0.29, 0.717) is 12.8 Å². The summed E-state index contributed by atoms with van der Waals surface area (Å²) in [5, 5.41) is 9.07. The largest absolute Gasteiger partial charge is 0.481 e. The highest BCUT2D eigenvalue weighted by molar-refractivity contribution is 5.70. The lowest BCUT2D eigenvalue weighted by Crippen LogP contribution is -2.32. The topological polar surface area (TPSA) is 66.3 Å². The Hall–Kier alpha value is -1.65. The van der Waals surface area contributed by atoms with Crippen LogP contribution in [0.5, 0.6) is 0 Å². The highest BCUT2D eigenvalue weighted by Crippen LogP contribution is 2.26. The number of anilines is 1. The van der Waals surface area contributed by atoms with Gasteiger partial charge in [0, 0.05) is 25.0 Å². The zero-order valence-electron chi connectivity index (χ0n) is 11.0.